The fraction of sp³-hybridized carbons (Fsp3) is 0.298. The first kappa shape index (κ1) is 89.5. The van der Waals surface area contributed by atoms with Gasteiger partial charge >= 0.3 is 24.7 Å². The normalized spacial score (nSPS) is 21.7. The quantitative estimate of drug-likeness (QED) is 0.0249. The monoisotopic (exact) mass is 2190 g/mol. The van der Waals surface area contributed by atoms with Crippen LogP contribution in [0.3, 0.4) is 0 Å². The number of nitrogens with zero attached hydrogens (tertiary/aromatic N) is 8. The fourth-order valence-corrected chi connectivity index (χ4v) is 17.8. The van der Waals surface area contributed by atoms with E-state index in [0.717, 1.165) is 99.6 Å². The van der Waals surface area contributed by atoms with Crippen molar-refractivity contribution in [3.8, 4) is 0 Å². The van der Waals surface area contributed by atoms with Gasteiger partial charge in [-0.15, -0.1) is 0 Å². The molecule has 39 heteroatoms. The zero-order valence-corrected chi connectivity index (χ0v) is 80.7. The summed E-state index contributed by atoms with van der Waals surface area (Å²) in [5.41, 5.74) is -17.3. The maximum absolute atomic E-state index is 14.2. The Hall–Kier alpha value is -11.1. The van der Waals surface area contributed by atoms with Crippen LogP contribution < -0.4 is 0 Å². The largest absolute Gasteiger partial charge is 0.416 e. The molecule has 0 radical (unpaired) electrons. The molecule has 3 unspecified atom stereocenters. The summed E-state index contributed by atoms with van der Waals surface area (Å²) in [6.45, 7) is -14.6. The van der Waals surface area contributed by atoms with Crippen molar-refractivity contribution >= 4 is 108 Å². The SMILES string of the molecule is O=C1c2cc(Br)ccc2C(O)(c2ccc(C(F)(F)F)cc2)N1Cc1ccc(Cl)cn1.[2H]C([2H])(O)C1(C([2H])([2H])OC2(c3ccc(C(F)(F)F)cc3)c3ccc(Br)cc3C(=O)N2Cc2ccc(Cl)cn2)CC1.[2H]C([2H])(O)C1(C([2H])([2H])OC2(c3ccc(C(F)(F)F)cc3)c3ccc(C(C)=O)cc3C(=O)N2Cc2ccc(Cl)cn2)CC1.[2H]C([2H])(O)C1(C([2H])([2H])O[C@]2(c3ccc(C(F)(F)F)cc3)c3ccc(C(C)(C)O)cc3C(=O)N2Cc2ccc(Cl)cn2)CC1. The molecular formula is C104H86Br2Cl4F12N8O13. The van der Waals surface area contributed by atoms with Gasteiger partial charge in [0, 0.05) is 122 Å². The number of benzene rings is 8. The molecule has 21 nitrogen and oxygen atoms in total. The van der Waals surface area contributed by atoms with Crippen molar-refractivity contribution in [2.24, 2.45) is 16.2 Å². The molecule has 4 aliphatic heterocycles. The second kappa shape index (κ2) is 40.0. The maximum Gasteiger partial charge on any atom is 0.416 e. The number of carbonyl (C=O) groups excluding carboxylic acids is 5. The molecule has 0 saturated heterocycles. The molecule has 5 N–H and O–H groups in total. The number of alkyl halides is 12. The molecule has 8 heterocycles. The Kier molecular flexibility index (Phi) is 25.0. The molecule has 746 valence electrons. The van der Waals surface area contributed by atoms with Crippen LogP contribution in [0.5, 0.6) is 0 Å². The van der Waals surface area contributed by atoms with Gasteiger partial charge in [-0.25, -0.2) is 0 Å². The molecule has 3 fully saturated rings. The number of amides is 4. The first-order valence-corrected chi connectivity index (χ1v) is 46.4. The Morgan fingerprint density at radius 2 is 0.629 bits per heavy atom. The summed E-state index contributed by atoms with van der Waals surface area (Å²) in [5, 5.41) is 54.7. The first-order chi connectivity index (χ1) is 71.8. The van der Waals surface area contributed by atoms with Crippen LogP contribution in [0.2, 0.25) is 20.1 Å². The van der Waals surface area contributed by atoms with Crippen molar-refractivity contribution in [1.29, 1.82) is 0 Å². The third-order valence-corrected chi connectivity index (χ3v) is 26.8. The smallest absolute Gasteiger partial charge is 0.396 e. The summed E-state index contributed by atoms with van der Waals surface area (Å²) in [7, 11) is 0. The maximum atomic E-state index is 14.2. The highest BCUT2D eigenvalue weighted by Gasteiger charge is 2.60. The summed E-state index contributed by atoms with van der Waals surface area (Å²) in [4.78, 5) is 88.9. The standard InChI is InChI=1S/C29H28ClF3N2O4.C28H24ClF3N2O4.C26H21BrClF3N2O3.C21H13BrClF3N2O2/c1-26(2,38)20-7-10-24-23(13-20)25(37)35(15-22-9-8-21(30)14-34-22)28(24,39-17-27(16-36)11-12-27)18-3-5-19(6-4-18)29(31,32)33;1-17(36)18-2-9-24-23(12-18)25(37)34(14-22-8-7-21(29)13-33-22)27(24,38-16-26(15-35)10-11-26)19-3-5-20(6-4-19)28(30,31)32;27-18-5-8-22-21(11-18)23(35)33(13-20-7-6-19(28)12-32-20)25(22,36-15-24(14-34)9-10-24)16-1-3-17(4-2-16)26(29,30)31;22-14-5-8-18-17(9-14)19(29)28(11-16-7-6-15(23)10-27-16)20(18,30)12-1-3-13(4-2-12)21(24,25)26/h3-10,13-14,36,38H,11-12,15-17H2,1-2H3;2-9,12-13,35H,10-11,14-16H2,1H3;1-8,11-12,34H,9-10,13-15H2;1-10,30H,11H2/t28-;;;/m1.../s1/i16D2,17D2;15D2,16D2;14D2,15D2;. The topological polar surface area (TPSA) is 279 Å². The lowest BCUT2D eigenvalue weighted by molar-refractivity contribution is -0.139. The number of pyridine rings is 4. The molecule has 19 rings (SSSR count). The zero-order valence-electron chi connectivity index (χ0n) is 86.5. The average molecular weight is 2200 g/mol. The minimum Gasteiger partial charge on any atom is -0.396 e. The van der Waals surface area contributed by atoms with E-state index >= 15 is 0 Å². The van der Waals surface area contributed by atoms with Crippen LogP contribution in [0.15, 0.2) is 252 Å². The summed E-state index contributed by atoms with van der Waals surface area (Å²) in [6, 6.07) is 45.3. The van der Waals surface area contributed by atoms with E-state index in [2.05, 4.69) is 51.8 Å². The Morgan fingerprint density at radius 3 is 0.909 bits per heavy atom. The molecule has 4 aromatic heterocycles. The molecule has 143 heavy (non-hydrogen) atoms. The number of ether oxygens (including phenoxy) is 3. The van der Waals surface area contributed by atoms with Crippen molar-refractivity contribution in [2.45, 2.75) is 139 Å². The van der Waals surface area contributed by atoms with Crippen molar-refractivity contribution in [3.05, 3.63) is 395 Å². The number of hydrogen-bond donors (Lipinski definition) is 5. The van der Waals surface area contributed by atoms with Gasteiger partial charge in [-0.2, -0.15) is 52.7 Å². The molecule has 0 spiro atoms. The van der Waals surface area contributed by atoms with Crippen LogP contribution in [0.1, 0.15) is 223 Å². The first-order valence-electron chi connectivity index (χ1n) is 49.3. The number of aliphatic hydroxyl groups is 5. The number of Topliss-reactive ketones (excluding diaryl/α,β-unsaturated/α-hetero) is 1. The molecule has 12 aromatic rings. The minimum atomic E-state index is -4.70. The molecule has 8 aromatic carbocycles. The minimum absolute atomic E-state index is 0.0120. The molecule has 3 saturated carbocycles. The lowest BCUT2D eigenvalue weighted by atomic mass is 9.89. The molecule has 0 bridgehead atoms. The van der Waals surface area contributed by atoms with Gasteiger partial charge in [-0.1, -0.05) is 163 Å². The molecular weight excluding hydrogens is 2100 g/mol. The summed E-state index contributed by atoms with van der Waals surface area (Å²) < 4.78 is 281. The second-order valence-electron chi connectivity index (χ2n) is 35.1. The van der Waals surface area contributed by atoms with Gasteiger partial charge in [0.05, 0.1) is 153 Å². The number of aromatic nitrogens is 4. The van der Waals surface area contributed by atoms with E-state index in [4.69, 9.17) is 77.1 Å². The number of halogens is 18. The van der Waals surface area contributed by atoms with Crippen LogP contribution in [0, 0.1) is 16.2 Å². The third-order valence-electron chi connectivity index (χ3n) is 25.0. The Labute approximate surface area is 864 Å². The summed E-state index contributed by atoms with van der Waals surface area (Å²) in [6.07, 6.45) is -13.7. The number of rotatable bonds is 26. The Balaban J connectivity index is 0.000000147. The van der Waals surface area contributed by atoms with E-state index in [1.807, 2.05) is 0 Å². The molecule has 4 atom stereocenters. The molecule has 3 aliphatic carbocycles. The number of carbonyl (C=O) groups is 5. The highest BCUT2D eigenvalue weighted by molar-refractivity contribution is 9.10. The van der Waals surface area contributed by atoms with Gasteiger partial charge < -0.3 is 39.7 Å². The van der Waals surface area contributed by atoms with Gasteiger partial charge in [0.1, 0.15) is 0 Å². The second-order valence-corrected chi connectivity index (χ2v) is 38.6. The predicted molar refractivity (Wildman–Crippen MR) is 508 cm³/mol. The predicted octanol–water partition coefficient (Wildman–Crippen LogP) is 22.8. The van der Waals surface area contributed by atoms with Crippen LogP contribution >= 0.6 is 78.3 Å². The van der Waals surface area contributed by atoms with E-state index < -0.39 is 155 Å². The van der Waals surface area contributed by atoms with E-state index in [9.17, 15) is 102 Å². The summed E-state index contributed by atoms with van der Waals surface area (Å²) in [5.74, 6) is -2.90. The van der Waals surface area contributed by atoms with Crippen LogP contribution in [0.4, 0.5) is 52.7 Å². The van der Waals surface area contributed by atoms with Crippen LogP contribution in [-0.2, 0) is 93.6 Å². The van der Waals surface area contributed by atoms with Crippen molar-refractivity contribution in [3.63, 3.8) is 0 Å². The Bertz CT molecular complexity index is 7440. The zero-order chi connectivity index (χ0) is 114. The average Bonchev–Trinajstić information content (AvgIpc) is 1.53. The summed E-state index contributed by atoms with van der Waals surface area (Å²) >= 11 is 30.4. The van der Waals surface area contributed by atoms with E-state index in [-0.39, 0.29) is 154 Å². The highest BCUT2D eigenvalue weighted by atomic mass is 79.9. The van der Waals surface area contributed by atoms with Crippen LogP contribution in [-0.4, -0.2) is 134 Å². The number of fused-ring (bicyclic) bond motifs is 4. The van der Waals surface area contributed by atoms with Gasteiger partial charge in [0.15, 0.2) is 28.7 Å². The van der Waals surface area contributed by atoms with E-state index in [1.165, 1.54) is 148 Å². The lowest BCUT2D eigenvalue weighted by Crippen LogP contribution is -2.47. The van der Waals surface area contributed by atoms with Crippen molar-refractivity contribution < 1.29 is 133 Å². The molecule has 7 aliphatic rings. The number of hydrogen-bond acceptors (Lipinski definition) is 17. The van der Waals surface area contributed by atoms with Crippen molar-refractivity contribution in [1.82, 2.24) is 39.5 Å². The Morgan fingerprint density at radius 1 is 0.371 bits per heavy atom. The lowest BCUT2D eigenvalue weighted by Gasteiger charge is -2.40. The van der Waals surface area contributed by atoms with Crippen LogP contribution in [0.25, 0.3) is 0 Å². The van der Waals surface area contributed by atoms with E-state index in [0.29, 0.717) is 46.0 Å². The van der Waals surface area contributed by atoms with Gasteiger partial charge in [0.2, 0.25) is 0 Å². The van der Waals surface area contributed by atoms with Gasteiger partial charge in [0.25, 0.3) is 23.6 Å². The van der Waals surface area contributed by atoms with Crippen molar-refractivity contribution in [2.75, 3.05) is 39.4 Å². The fourth-order valence-electron chi connectivity index (χ4n) is 16.6. The number of ketones is 1. The highest BCUT2D eigenvalue weighted by Crippen LogP contribution is 2.57. The van der Waals surface area contributed by atoms with Gasteiger partial charge in [-0.3, -0.25) is 63.5 Å². The third kappa shape index (κ3) is 21.2. The van der Waals surface area contributed by atoms with Gasteiger partial charge in [-0.05, 0) is 198 Å². The molecule has 4 amide bonds. The van der Waals surface area contributed by atoms with E-state index in [1.54, 1.807) is 36.4 Å².